The molecule has 1 saturated carbocycles. The quantitative estimate of drug-likeness (QED) is 0.603. The van der Waals surface area contributed by atoms with Gasteiger partial charge in [-0.15, -0.1) is 0 Å². The largest absolute Gasteiger partial charge is 0.300 e. The summed E-state index contributed by atoms with van der Waals surface area (Å²) >= 11 is 0. The maximum atomic E-state index is 11.0. The van der Waals surface area contributed by atoms with E-state index in [2.05, 4.69) is 0 Å². The lowest BCUT2D eigenvalue weighted by Crippen LogP contribution is -2.43. The number of hydrogen-bond acceptors (Lipinski definition) is 2. The van der Waals surface area contributed by atoms with Crippen LogP contribution >= 0.6 is 0 Å². The minimum absolute atomic E-state index is 0.0208. The van der Waals surface area contributed by atoms with Crippen LogP contribution in [0.3, 0.4) is 0 Å². The zero-order valence-electron chi connectivity index (χ0n) is 7.26. The zero-order valence-corrected chi connectivity index (χ0v) is 7.26. The lowest BCUT2D eigenvalue weighted by Gasteiger charge is -2.39. The molecule has 0 aliphatic heterocycles. The van der Waals surface area contributed by atoms with Gasteiger partial charge in [0.25, 0.3) is 0 Å². The molecule has 0 N–H and O–H groups in total. The molecule has 0 aromatic rings. The molecule has 2 nitrogen and oxygen atoms in total. The number of hydrogen-bond donors (Lipinski definition) is 0. The van der Waals surface area contributed by atoms with Crippen molar-refractivity contribution in [3.05, 3.63) is 0 Å². The number of Topliss-reactive ketones (excluding diaryl/α,β-unsaturated/α-hetero) is 2. The van der Waals surface area contributed by atoms with Gasteiger partial charge in [0, 0.05) is 11.8 Å². The summed E-state index contributed by atoms with van der Waals surface area (Å²) < 4.78 is 0. The Morgan fingerprint density at radius 3 is 1.91 bits per heavy atom. The summed E-state index contributed by atoms with van der Waals surface area (Å²) in [5.74, 6) is 0.809. The highest BCUT2D eigenvalue weighted by atomic mass is 16.1. The second-order valence-electron chi connectivity index (χ2n) is 3.57. The molecule has 0 bridgehead atoms. The molecule has 3 atom stereocenters. The van der Waals surface area contributed by atoms with Crippen LogP contribution in [0.5, 0.6) is 0 Å². The molecule has 1 fully saturated rings. The van der Waals surface area contributed by atoms with Crippen LogP contribution in [0.4, 0.5) is 0 Å². The molecular weight excluding hydrogens is 140 g/mol. The third-order valence-electron chi connectivity index (χ3n) is 2.66. The average Bonchev–Trinajstić information content (AvgIpc) is 1.80. The van der Waals surface area contributed by atoms with E-state index >= 15 is 0 Å². The van der Waals surface area contributed by atoms with Gasteiger partial charge in [-0.2, -0.15) is 0 Å². The lowest BCUT2D eigenvalue weighted by atomic mass is 9.62. The standard InChI is InChI=1S/C9H14O2/c1-5-4-8(6(2)10)9(5)7(3)11/h5,8-9H,4H2,1-3H3. The molecule has 62 valence electrons. The van der Waals surface area contributed by atoms with Gasteiger partial charge >= 0.3 is 0 Å². The molecule has 11 heavy (non-hydrogen) atoms. The number of carbonyl (C=O) groups excluding carboxylic acids is 2. The van der Waals surface area contributed by atoms with Crippen LogP contribution in [0.1, 0.15) is 27.2 Å². The highest BCUT2D eigenvalue weighted by Crippen LogP contribution is 2.40. The van der Waals surface area contributed by atoms with Gasteiger partial charge in [0.2, 0.25) is 0 Å². The van der Waals surface area contributed by atoms with Gasteiger partial charge < -0.3 is 0 Å². The van der Waals surface area contributed by atoms with Crippen LogP contribution < -0.4 is 0 Å². The maximum Gasteiger partial charge on any atom is 0.133 e. The van der Waals surface area contributed by atoms with Crippen molar-refractivity contribution < 1.29 is 9.59 Å². The smallest absolute Gasteiger partial charge is 0.133 e. The minimum atomic E-state index is 0.0208. The van der Waals surface area contributed by atoms with Crippen molar-refractivity contribution in [2.24, 2.45) is 17.8 Å². The highest BCUT2D eigenvalue weighted by molar-refractivity contribution is 5.89. The van der Waals surface area contributed by atoms with Crippen molar-refractivity contribution in [3.8, 4) is 0 Å². The van der Waals surface area contributed by atoms with Crippen molar-refractivity contribution in [2.45, 2.75) is 27.2 Å². The third-order valence-corrected chi connectivity index (χ3v) is 2.66. The third kappa shape index (κ3) is 1.35. The Kier molecular flexibility index (Phi) is 2.12. The van der Waals surface area contributed by atoms with Crippen LogP contribution in [0.25, 0.3) is 0 Å². The second-order valence-corrected chi connectivity index (χ2v) is 3.57. The zero-order chi connectivity index (χ0) is 8.59. The van der Waals surface area contributed by atoms with Gasteiger partial charge in [-0.05, 0) is 26.2 Å². The van der Waals surface area contributed by atoms with Gasteiger partial charge in [0.1, 0.15) is 11.6 Å². The molecule has 2 heteroatoms. The van der Waals surface area contributed by atoms with E-state index in [0.717, 1.165) is 6.42 Å². The predicted molar refractivity (Wildman–Crippen MR) is 42.1 cm³/mol. The van der Waals surface area contributed by atoms with E-state index in [9.17, 15) is 9.59 Å². The monoisotopic (exact) mass is 154 g/mol. The van der Waals surface area contributed by atoms with E-state index in [0.29, 0.717) is 5.92 Å². The summed E-state index contributed by atoms with van der Waals surface area (Å²) in [5, 5.41) is 0. The predicted octanol–water partition coefficient (Wildman–Crippen LogP) is 1.44. The number of carbonyl (C=O) groups is 2. The molecule has 0 amide bonds. The average molecular weight is 154 g/mol. The van der Waals surface area contributed by atoms with Crippen LogP contribution in [-0.4, -0.2) is 11.6 Å². The Labute approximate surface area is 67.0 Å². The normalized spacial score (nSPS) is 36.1. The Morgan fingerprint density at radius 2 is 1.73 bits per heavy atom. The minimum Gasteiger partial charge on any atom is -0.300 e. The summed E-state index contributed by atoms with van der Waals surface area (Å²) in [6, 6.07) is 0. The maximum absolute atomic E-state index is 11.0. The molecule has 0 aromatic heterocycles. The summed E-state index contributed by atoms with van der Waals surface area (Å²) in [4.78, 5) is 21.9. The first kappa shape index (κ1) is 8.44. The van der Waals surface area contributed by atoms with E-state index in [1.165, 1.54) is 0 Å². The van der Waals surface area contributed by atoms with Gasteiger partial charge in [-0.25, -0.2) is 0 Å². The first-order valence-corrected chi connectivity index (χ1v) is 4.05. The van der Waals surface area contributed by atoms with Crippen molar-refractivity contribution in [1.82, 2.24) is 0 Å². The van der Waals surface area contributed by atoms with E-state index in [1.54, 1.807) is 13.8 Å². The molecule has 1 aliphatic rings. The van der Waals surface area contributed by atoms with Gasteiger partial charge in [0.05, 0.1) is 0 Å². The Bertz CT molecular complexity index is 196. The summed E-state index contributed by atoms with van der Waals surface area (Å²) in [6.45, 7) is 5.19. The molecule has 0 spiro atoms. The van der Waals surface area contributed by atoms with Crippen molar-refractivity contribution in [1.29, 1.82) is 0 Å². The van der Waals surface area contributed by atoms with Crippen molar-refractivity contribution in [2.75, 3.05) is 0 Å². The van der Waals surface area contributed by atoms with Gasteiger partial charge in [0.15, 0.2) is 0 Å². The highest BCUT2D eigenvalue weighted by Gasteiger charge is 2.43. The molecular formula is C9H14O2. The Morgan fingerprint density at radius 1 is 1.18 bits per heavy atom. The second kappa shape index (κ2) is 2.76. The summed E-state index contributed by atoms with van der Waals surface area (Å²) in [6.07, 6.45) is 0.902. The van der Waals surface area contributed by atoms with Crippen LogP contribution in [0.15, 0.2) is 0 Å². The summed E-state index contributed by atoms with van der Waals surface area (Å²) in [7, 11) is 0. The molecule has 0 aromatic carbocycles. The fourth-order valence-corrected chi connectivity index (χ4v) is 2.00. The van der Waals surface area contributed by atoms with E-state index < -0.39 is 0 Å². The molecule has 1 aliphatic carbocycles. The first-order chi connectivity index (χ1) is 5.04. The molecule has 0 radical (unpaired) electrons. The number of rotatable bonds is 2. The fourth-order valence-electron chi connectivity index (χ4n) is 2.00. The Hall–Kier alpha value is -0.660. The van der Waals surface area contributed by atoms with E-state index in [1.807, 2.05) is 6.92 Å². The topological polar surface area (TPSA) is 34.1 Å². The summed E-state index contributed by atoms with van der Waals surface area (Å²) in [5.41, 5.74) is 0. The molecule has 0 saturated heterocycles. The van der Waals surface area contributed by atoms with Gasteiger partial charge in [-0.1, -0.05) is 6.92 Å². The van der Waals surface area contributed by atoms with E-state index in [4.69, 9.17) is 0 Å². The van der Waals surface area contributed by atoms with Crippen molar-refractivity contribution in [3.63, 3.8) is 0 Å². The molecule has 0 heterocycles. The molecule has 3 unspecified atom stereocenters. The van der Waals surface area contributed by atoms with Crippen LogP contribution in [0.2, 0.25) is 0 Å². The van der Waals surface area contributed by atoms with Gasteiger partial charge in [-0.3, -0.25) is 9.59 Å². The molecule has 1 rings (SSSR count). The van der Waals surface area contributed by atoms with E-state index in [-0.39, 0.29) is 23.4 Å². The lowest BCUT2D eigenvalue weighted by molar-refractivity contribution is -0.139. The fraction of sp³-hybridized carbons (Fsp3) is 0.778. The van der Waals surface area contributed by atoms with Crippen LogP contribution in [-0.2, 0) is 9.59 Å². The first-order valence-electron chi connectivity index (χ1n) is 4.05. The van der Waals surface area contributed by atoms with Crippen LogP contribution in [0, 0.1) is 17.8 Å². The Balaban J connectivity index is 2.62. The van der Waals surface area contributed by atoms with Crippen molar-refractivity contribution >= 4 is 11.6 Å². The SMILES string of the molecule is CC(=O)C1CC(C)C1C(C)=O. The number of ketones is 2.